The van der Waals surface area contributed by atoms with Crippen molar-refractivity contribution in [1.29, 1.82) is 0 Å². The minimum atomic E-state index is 1.14. The van der Waals surface area contributed by atoms with Crippen molar-refractivity contribution in [2.45, 2.75) is 0 Å². The molecule has 0 atom stereocenters. The fourth-order valence-electron chi connectivity index (χ4n) is 10.0. The summed E-state index contributed by atoms with van der Waals surface area (Å²) < 4.78 is 7.32. The van der Waals surface area contributed by atoms with Gasteiger partial charge in [-0.25, -0.2) is 0 Å². The Morgan fingerprint density at radius 2 is 0.746 bits per heavy atom. The molecule has 0 N–H and O–H groups in total. The molecule has 0 aliphatic heterocycles. The molecule has 0 spiro atoms. The molecule has 0 saturated carbocycles. The molecule has 0 bridgehead atoms. The maximum atomic E-state index is 2.45. The zero-order chi connectivity index (χ0) is 38.6. The Kier molecular flexibility index (Phi) is 6.72. The van der Waals surface area contributed by atoms with Crippen molar-refractivity contribution in [1.82, 2.24) is 13.7 Å². The smallest absolute Gasteiger partial charge is 0.0641 e. The summed E-state index contributed by atoms with van der Waals surface area (Å²) in [7, 11) is 0. The van der Waals surface area contributed by atoms with Gasteiger partial charge in [-0.05, 0) is 99.4 Å². The molecule has 0 radical (unpaired) electrons. The number of hydrogen-bond acceptors (Lipinski definition) is 0. The van der Waals surface area contributed by atoms with Crippen molar-refractivity contribution in [3.8, 4) is 28.2 Å². The summed E-state index contributed by atoms with van der Waals surface area (Å²) in [5.41, 5.74) is 13.1. The number of rotatable bonds is 4. The van der Waals surface area contributed by atoms with Crippen molar-refractivity contribution >= 4 is 87.0 Å². The van der Waals surface area contributed by atoms with E-state index in [4.69, 9.17) is 0 Å². The van der Waals surface area contributed by atoms with E-state index in [2.05, 4.69) is 226 Å². The topological polar surface area (TPSA) is 14.8 Å². The predicted molar refractivity (Wildman–Crippen MR) is 250 cm³/mol. The van der Waals surface area contributed by atoms with Crippen molar-refractivity contribution in [3.05, 3.63) is 212 Å². The van der Waals surface area contributed by atoms with Gasteiger partial charge in [0.15, 0.2) is 0 Å². The molecule has 59 heavy (non-hydrogen) atoms. The van der Waals surface area contributed by atoms with Crippen molar-refractivity contribution in [2.24, 2.45) is 0 Å². The predicted octanol–water partition coefficient (Wildman–Crippen LogP) is 15.0. The maximum absolute atomic E-state index is 2.45. The first-order valence-electron chi connectivity index (χ1n) is 20.4. The quantitative estimate of drug-likeness (QED) is 0.159. The molecule has 0 saturated heterocycles. The molecule has 3 heterocycles. The van der Waals surface area contributed by atoms with Gasteiger partial charge in [0, 0.05) is 49.4 Å². The van der Waals surface area contributed by atoms with Crippen LogP contribution in [0.3, 0.4) is 0 Å². The average Bonchev–Trinajstić information content (AvgIpc) is 3.94. The first-order valence-corrected chi connectivity index (χ1v) is 20.4. The van der Waals surface area contributed by atoms with Gasteiger partial charge in [0.1, 0.15) is 0 Å². The first kappa shape index (κ1) is 32.2. The number of hydrogen-bond donors (Lipinski definition) is 0. The Bertz CT molecular complexity index is 3820. The van der Waals surface area contributed by atoms with Crippen LogP contribution in [0.5, 0.6) is 0 Å². The van der Waals surface area contributed by atoms with Crippen LogP contribution in [0.25, 0.3) is 115 Å². The molecule has 3 aromatic heterocycles. The van der Waals surface area contributed by atoms with E-state index in [1.165, 1.54) is 104 Å². The number of benzene rings is 10. The van der Waals surface area contributed by atoms with E-state index in [-0.39, 0.29) is 0 Å². The average molecular weight is 750 g/mol. The summed E-state index contributed by atoms with van der Waals surface area (Å²) in [4.78, 5) is 0. The van der Waals surface area contributed by atoms with Crippen molar-refractivity contribution in [2.75, 3.05) is 0 Å². The summed E-state index contributed by atoms with van der Waals surface area (Å²) >= 11 is 0. The fourth-order valence-corrected chi connectivity index (χ4v) is 10.0. The standard InChI is InChI=1S/C56H35N3/c1-2-13-40(14-3-1)59-51-20-10-7-17-46(51)48-32-33-53-55(56(48)59)49-18-8-11-21-52(49)57(53)41-27-24-36(25-28-41)38-26-30-47-45-16-6-9-19-50(45)58(54(47)35-38)42-29-31-44-39(34-42)23-22-37-12-4-5-15-43(37)44/h1-35H. The van der Waals surface area contributed by atoms with E-state index in [0.29, 0.717) is 0 Å². The Hall–Kier alpha value is -7.88. The summed E-state index contributed by atoms with van der Waals surface area (Å²) in [6, 6.07) is 78.0. The van der Waals surface area contributed by atoms with Gasteiger partial charge in [0.2, 0.25) is 0 Å². The third-order valence-electron chi connectivity index (χ3n) is 12.6. The van der Waals surface area contributed by atoms with Gasteiger partial charge in [-0.15, -0.1) is 0 Å². The highest BCUT2D eigenvalue weighted by Crippen LogP contribution is 2.42. The van der Waals surface area contributed by atoms with E-state index in [1.54, 1.807) is 0 Å². The number of aromatic nitrogens is 3. The monoisotopic (exact) mass is 749 g/mol. The third-order valence-corrected chi connectivity index (χ3v) is 12.6. The van der Waals surface area contributed by atoms with Gasteiger partial charge in [-0.1, -0.05) is 146 Å². The molecule has 274 valence electrons. The lowest BCUT2D eigenvalue weighted by Gasteiger charge is -2.12. The molecular formula is C56H35N3. The van der Waals surface area contributed by atoms with Crippen LogP contribution in [0, 0.1) is 0 Å². The summed E-state index contributed by atoms with van der Waals surface area (Å²) in [5.74, 6) is 0. The largest absolute Gasteiger partial charge is 0.309 e. The van der Waals surface area contributed by atoms with Crippen LogP contribution in [0.2, 0.25) is 0 Å². The van der Waals surface area contributed by atoms with Gasteiger partial charge < -0.3 is 13.7 Å². The lowest BCUT2D eigenvalue weighted by Crippen LogP contribution is -1.95. The highest BCUT2D eigenvalue weighted by Gasteiger charge is 2.21. The van der Waals surface area contributed by atoms with E-state index in [1.807, 2.05) is 0 Å². The van der Waals surface area contributed by atoms with Gasteiger partial charge in [-0.3, -0.25) is 0 Å². The normalized spacial score (nSPS) is 12.1. The second-order valence-corrected chi connectivity index (χ2v) is 15.7. The summed E-state index contributed by atoms with van der Waals surface area (Å²) in [6.07, 6.45) is 0. The maximum Gasteiger partial charge on any atom is 0.0641 e. The molecule has 0 amide bonds. The van der Waals surface area contributed by atoms with E-state index in [9.17, 15) is 0 Å². The van der Waals surface area contributed by atoms with Gasteiger partial charge >= 0.3 is 0 Å². The molecule has 0 aliphatic carbocycles. The molecule has 0 aliphatic rings. The lowest BCUT2D eigenvalue weighted by molar-refractivity contribution is 1.17. The Labute approximate surface area is 339 Å². The third kappa shape index (κ3) is 4.64. The molecule has 0 unspecified atom stereocenters. The van der Waals surface area contributed by atoms with Crippen molar-refractivity contribution < 1.29 is 0 Å². The fraction of sp³-hybridized carbons (Fsp3) is 0. The highest BCUT2D eigenvalue weighted by molar-refractivity contribution is 6.26. The molecule has 0 fully saturated rings. The molecule has 13 rings (SSSR count). The number of fused-ring (bicyclic) bond motifs is 13. The van der Waals surface area contributed by atoms with E-state index >= 15 is 0 Å². The molecule has 10 aromatic carbocycles. The molecule has 13 aromatic rings. The van der Waals surface area contributed by atoms with Gasteiger partial charge in [0.25, 0.3) is 0 Å². The van der Waals surface area contributed by atoms with Crippen molar-refractivity contribution in [3.63, 3.8) is 0 Å². The van der Waals surface area contributed by atoms with Crippen LogP contribution in [-0.2, 0) is 0 Å². The molecular weight excluding hydrogens is 715 g/mol. The Morgan fingerprint density at radius 1 is 0.237 bits per heavy atom. The van der Waals surface area contributed by atoms with Crippen LogP contribution >= 0.6 is 0 Å². The number of para-hydroxylation sites is 4. The lowest BCUT2D eigenvalue weighted by atomic mass is 10.0. The SMILES string of the molecule is c1ccc(-n2c3ccccc3c3ccc4c(c5ccccc5n4-c4ccc(-c5ccc6c7ccccc7n(-c7ccc8c(ccc9ccccc98)c7)c6c5)cc4)c32)cc1. The summed E-state index contributed by atoms with van der Waals surface area (Å²) in [6.45, 7) is 0. The Morgan fingerprint density at radius 3 is 1.54 bits per heavy atom. The molecule has 3 nitrogen and oxygen atoms in total. The zero-order valence-electron chi connectivity index (χ0n) is 32.0. The molecule has 3 heteroatoms. The van der Waals surface area contributed by atoms with Crippen LogP contribution in [-0.4, -0.2) is 13.7 Å². The minimum Gasteiger partial charge on any atom is -0.309 e. The minimum absolute atomic E-state index is 1.14. The first-order chi connectivity index (χ1) is 29.3. The second-order valence-electron chi connectivity index (χ2n) is 15.7. The Balaban J connectivity index is 0.975. The van der Waals surface area contributed by atoms with Gasteiger partial charge in [0.05, 0.1) is 33.1 Å². The van der Waals surface area contributed by atoms with E-state index < -0.39 is 0 Å². The van der Waals surface area contributed by atoms with E-state index in [0.717, 1.165) is 11.4 Å². The summed E-state index contributed by atoms with van der Waals surface area (Å²) in [5, 5.41) is 12.6. The van der Waals surface area contributed by atoms with Gasteiger partial charge in [-0.2, -0.15) is 0 Å². The van der Waals surface area contributed by atoms with Crippen LogP contribution in [0.4, 0.5) is 0 Å². The van der Waals surface area contributed by atoms with Crippen LogP contribution in [0.15, 0.2) is 212 Å². The number of nitrogens with zero attached hydrogens (tertiary/aromatic N) is 3. The zero-order valence-corrected chi connectivity index (χ0v) is 32.0. The second kappa shape index (κ2) is 12.3. The highest BCUT2D eigenvalue weighted by atomic mass is 15.0. The van der Waals surface area contributed by atoms with Crippen LogP contribution < -0.4 is 0 Å². The van der Waals surface area contributed by atoms with Crippen LogP contribution in [0.1, 0.15) is 0 Å².